The van der Waals surface area contributed by atoms with Gasteiger partial charge >= 0.3 is 0 Å². The van der Waals surface area contributed by atoms with Gasteiger partial charge < -0.3 is 5.32 Å². The van der Waals surface area contributed by atoms with Crippen molar-refractivity contribution in [3.05, 3.63) is 28.2 Å². The maximum absolute atomic E-state index is 11.3. The molecule has 0 spiro atoms. The third-order valence-electron chi connectivity index (χ3n) is 3.56. The van der Waals surface area contributed by atoms with Gasteiger partial charge in [-0.1, -0.05) is 58.0 Å². The van der Waals surface area contributed by atoms with E-state index in [9.17, 15) is 4.79 Å². The Bertz CT molecular complexity index is 552. The second kappa shape index (κ2) is 8.32. The van der Waals surface area contributed by atoms with Crippen molar-refractivity contribution >= 4 is 70.1 Å². The highest BCUT2D eigenvalue weighted by molar-refractivity contribution is 6.67. The van der Waals surface area contributed by atoms with Crippen LogP contribution in [0.1, 0.15) is 19.3 Å². The van der Waals surface area contributed by atoms with Gasteiger partial charge in [-0.25, -0.2) is 5.06 Å². The van der Waals surface area contributed by atoms with Gasteiger partial charge in [0.15, 0.2) is 0 Å². The van der Waals surface area contributed by atoms with E-state index in [0.29, 0.717) is 16.5 Å². The minimum absolute atomic E-state index is 0.00724. The zero-order valence-electron chi connectivity index (χ0n) is 11.9. The number of carbonyl (C=O) groups excluding carboxylic acids is 1. The van der Waals surface area contributed by atoms with Crippen molar-refractivity contribution in [3.63, 3.8) is 0 Å². The Morgan fingerprint density at radius 3 is 2.61 bits per heavy atom. The van der Waals surface area contributed by atoms with Crippen molar-refractivity contribution in [1.29, 1.82) is 0 Å². The van der Waals surface area contributed by atoms with Gasteiger partial charge in [0.2, 0.25) is 10.2 Å². The molecule has 23 heavy (non-hydrogen) atoms. The maximum Gasteiger partial charge on any atom is 0.233 e. The van der Waals surface area contributed by atoms with Crippen LogP contribution >= 0.6 is 58.0 Å². The fourth-order valence-electron chi connectivity index (χ4n) is 2.57. The molecule has 2 unspecified atom stereocenters. The van der Waals surface area contributed by atoms with Gasteiger partial charge in [0, 0.05) is 11.7 Å². The van der Waals surface area contributed by atoms with Crippen LogP contribution in [0.25, 0.3) is 0 Å². The van der Waals surface area contributed by atoms with Crippen LogP contribution in [0.15, 0.2) is 18.2 Å². The molecule has 0 radical (unpaired) electrons. The molecule has 4 nitrogen and oxygen atoms in total. The fourth-order valence-corrected chi connectivity index (χ4v) is 3.01. The smallest absolute Gasteiger partial charge is 0.233 e. The standard InChI is InChI=1S/C14H15Cl5N2O2/c15-10-5-4-9(6-11(10)16)20-12-2-1-3-13(12)21(8-22)23-7-14(17,18)19/h4-6,8,12-13,20H,1-3,7H2. The van der Waals surface area contributed by atoms with Gasteiger partial charge in [0.1, 0.15) is 6.61 Å². The quantitative estimate of drug-likeness (QED) is 0.396. The molecule has 1 saturated carbocycles. The Morgan fingerprint density at radius 2 is 2.00 bits per heavy atom. The minimum Gasteiger partial charge on any atom is -0.380 e. The molecule has 128 valence electrons. The normalized spacial score (nSPS) is 21.3. The first-order chi connectivity index (χ1) is 10.8. The Kier molecular flexibility index (Phi) is 6.96. The van der Waals surface area contributed by atoms with Crippen LogP contribution in [0, 0.1) is 0 Å². The second-order valence-corrected chi connectivity index (χ2v) is 8.56. The summed E-state index contributed by atoms with van der Waals surface area (Å²) in [6, 6.07) is 5.14. The molecule has 0 aromatic heterocycles. The van der Waals surface area contributed by atoms with E-state index in [1.165, 1.54) is 5.06 Å². The van der Waals surface area contributed by atoms with Crippen LogP contribution in [-0.4, -0.2) is 34.0 Å². The van der Waals surface area contributed by atoms with E-state index >= 15 is 0 Å². The molecule has 0 aliphatic heterocycles. The summed E-state index contributed by atoms with van der Waals surface area (Å²) >= 11 is 28.9. The highest BCUT2D eigenvalue weighted by Crippen LogP contribution is 2.31. The molecular formula is C14H15Cl5N2O2. The third-order valence-corrected chi connectivity index (χ3v) is 4.63. The number of halogens is 5. The summed E-state index contributed by atoms with van der Waals surface area (Å²) in [5, 5.41) is 5.51. The van der Waals surface area contributed by atoms with Gasteiger partial charge in [-0.15, -0.1) is 0 Å². The van der Waals surface area contributed by atoms with Gasteiger partial charge in [-0.2, -0.15) is 0 Å². The molecule has 1 fully saturated rings. The van der Waals surface area contributed by atoms with Crippen molar-refractivity contribution in [3.8, 4) is 0 Å². The number of amides is 1. The van der Waals surface area contributed by atoms with E-state index in [4.69, 9.17) is 62.8 Å². The van der Waals surface area contributed by atoms with Crippen molar-refractivity contribution in [2.45, 2.75) is 35.1 Å². The summed E-state index contributed by atoms with van der Waals surface area (Å²) in [6.45, 7) is -0.202. The number of hydrogen-bond donors (Lipinski definition) is 1. The number of anilines is 1. The van der Waals surface area contributed by atoms with Gasteiger partial charge in [0.25, 0.3) is 0 Å². The first-order valence-electron chi connectivity index (χ1n) is 6.95. The SMILES string of the molecule is O=CN(OCC(Cl)(Cl)Cl)C1CCCC1Nc1ccc(Cl)c(Cl)c1. The fraction of sp³-hybridized carbons (Fsp3) is 0.500. The molecule has 1 aromatic carbocycles. The Morgan fingerprint density at radius 1 is 1.26 bits per heavy atom. The summed E-state index contributed by atoms with van der Waals surface area (Å²) < 4.78 is -1.58. The molecule has 1 amide bonds. The van der Waals surface area contributed by atoms with Crippen LogP contribution in [-0.2, 0) is 9.63 Å². The van der Waals surface area contributed by atoms with Crippen molar-refractivity contribution in [2.75, 3.05) is 11.9 Å². The van der Waals surface area contributed by atoms with E-state index in [0.717, 1.165) is 24.9 Å². The van der Waals surface area contributed by atoms with Crippen molar-refractivity contribution in [2.24, 2.45) is 0 Å². The van der Waals surface area contributed by atoms with Crippen molar-refractivity contribution < 1.29 is 9.63 Å². The topological polar surface area (TPSA) is 41.6 Å². The average Bonchev–Trinajstić information content (AvgIpc) is 2.91. The molecule has 1 N–H and O–H groups in total. The number of carbonyl (C=O) groups is 1. The molecule has 1 aliphatic carbocycles. The predicted molar refractivity (Wildman–Crippen MR) is 95.7 cm³/mol. The first-order valence-corrected chi connectivity index (χ1v) is 8.84. The van der Waals surface area contributed by atoms with Gasteiger partial charge in [0.05, 0.1) is 16.1 Å². The Labute approximate surface area is 159 Å². The second-order valence-electron chi connectivity index (χ2n) is 5.23. The summed E-state index contributed by atoms with van der Waals surface area (Å²) in [6.07, 6.45) is 3.23. The number of benzene rings is 1. The van der Waals surface area contributed by atoms with Crippen molar-refractivity contribution in [1.82, 2.24) is 5.06 Å². The zero-order valence-corrected chi connectivity index (χ0v) is 15.7. The molecule has 1 aliphatic rings. The lowest BCUT2D eigenvalue weighted by Crippen LogP contribution is -2.44. The lowest BCUT2D eigenvalue weighted by molar-refractivity contribution is -0.186. The third kappa shape index (κ3) is 5.73. The van der Waals surface area contributed by atoms with Gasteiger partial charge in [-0.3, -0.25) is 9.63 Å². The predicted octanol–water partition coefficient (Wildman–Crippen LogP) is 5.09. The highest BCUT2D eigenvalue weighted by Gasteiger charge is 2.34. The summed E-state index contributed by atoms with van der Waals surface area (Å²) in [7, 11) is 0. The number of hydroxylamine groups is 2. The monoisotopic (exact) mass is 418 g/mol. The molecule has 1 aromatic rings. The Hall–Kier alpha value is -0.100. The van der Waals surface area contributed by atoms with Crippen LogP contribution in [0.5, 0.6) is 0 Å². The van der Waals surface area contributed by atoms with E-state index < -0.39 is 3.79 Å². The maximum atomic E-state index is 11.3. The molecular weight excluding hydrogens is 405 g/mol. The van der Waals surface area contributed by atoms with Crippen LogP contribution in [0.2, 0.25) is 10.0 Å². The van der Waals surface area contributed by atoms with Crippen LogP contribution in [0.4, 0.5) is 5.69 Å². The largest absolute Gasteiger partial charge is 0.380 e. The van der Waals surface area contributed by atoms with Crippen LogP contribution in [0.3, 0.4) is 0 Å². The number of rotatable bonds is 6. The van der Waals surface area contributed by atoms with Gasteiger partial charge in [-0.05, 0) is 37.5 Å². The number of nitrogens with one attached hydrogen (secondary N) is 1. The average molecular weight is 421 g/mol. The van der Waals surface area contributed by atoms with Crippen LogP contribution < -0.4 is 5.32 Å². The number of hydrogen-bond acceptors (Lipinski definition) is 3. The molecule has 9 heteroatoms. The van der Waals surface area contributed by atoms with E-state index in [-0.39, 0.29) is 18.7 Å². The zero-order chi connectivity index (χ0) is 17.0. The highest BCUT2D eigenvalue weighted by atomic mass is 35.6. The summed E-state index contributed by atoms with van der Waals surface area (Å²) in [4.78, 5) is 16.6. The summed E-state index contributed by atoms with van der Waals surface area (Å²) in [5.41, 5.74) is 0.823. The number of alkyl halides is 3. The lowest BCUT2D eigenvalue weighted by Gasteiger charge is -2.30. The molecule has 0 heterocycles. The number of nitrogens with zero attached hydrogens (tertiary/aromatic N) is 1. The summed E-state index contributed by atoms with van der Waals surface area (Å²) in [5.74, 6) is 0. The molecule has 0 saturated heterocycles. The first kappa shape index (κ1) is 19.2. The Balaban J connectivity index is 2.03. The van der Waals surface area contributed by atoms with E-state index in [1.54, 1.807) is 12.1 Å². The molecule has 0 bridgehead atoms. The van der Waals surface area contributed by atoms with E-state index in [2.05, 4.69) is 5.32 Å². The lowest BCUT2D eigenvalue weighted by atomic mass is 10.1. The minimum atomic E-state index is -1.58. The molecule has 2 atom stereocenters. The molecule has 2 rings (SSSR count). The van der Waals surface area contributed by atoms with E-state index in [1.807, 2.05) is 6.07 Å².